The van der Waals surface area contributed by atoms with Gasteiger partial charge >= 0.3 is 5.69 Å². The molecule has 0 radical (unpaired) electrons. The quantitative estimate of drug-likeness (QED) is 0.211. The fourth-order valence-electron chi connectivity index (χ4n) is 7.96. The van der Waals surface area contributed by atoms with Gasteiger partial charge in [-0.05, 0) is 75.6 Å². The fraction of sp³-hybridized carbons (Fsp3) is 0.500. The van der Waals surface area contributed by atoms with Crippen molar-refractivity contribution in [3.63, 3.8) is 0 Å². The molecule has 0 saturated carbocycles. The zero-order valence-corrected chi connectivity index (χ0v) is 31.0. The van der Waals surface area contributed by atoms with E-state index in [2.05, 4.69) is 29.9 Å². The largest absolute Gasteiger partial charge is 0.493 e. The summed E-state index contributed by atoms with van der Waals surface area (Å²) in [6.07, 6.45) is 7.13. The van der Waals surface area contributed by atoms with Gasteiger partial charge in [0.2, 0.25) is 0 Å². The third-order valence-corrected chi connectivity index (χ3v) is 12.4. The molecule has 0 atom stereocenters. The number of halogens is 2. The Balaban J connectivity index is 0.822. The number of ether oxygens (including phenoxy) is 2. The molecule has 2 aromatic carbocycles. The van der Waals surface area contributed by atoms with Gasteiger partial charge in [-0.3, -0.25) is 23.8 Å². The summed E-state index contributed by atoms with van der Waals surface area (Å²) in [5.41, 5.74) is -0.0936. The Kier molecular flexibility index (Phi) is 10.6. The third kappa shape index (κ3) is 7.82. The number of likely N-dealkylation sites (tertiary alicyclic amines) is 1. The van der Waals surface area contributed by atoms with Crippen molar-refractivity contribution in [3.8, 4) is 11.6 Å². The van der Waals surface area contributed by atoms with Gasteiger partial charge in [-0.2, -0.15) is 16.9 Å². The van der Waals surface area contributed by atoms with E-state index in [0.29, 0.717) is 63.1 Å². The summed E-state index contributed by atoms with van der Waals surface area (Å²) in [5, 5.41) is 5.35. The predicted octanol–water partition coefficient (Wildman–Crippen LogP) is 4.35. The molecule has 6 heterocycles. The first-order valence-corrected chi connectivity index (χ1v) is 19.7. The first kappa shape index (κ1) is 36.4. The zero-order valence-electron chi connectivity index (χ0n) is 30.2. The van der Waals surface area contributed by atoms with Crippen molar-refractivity contribution in [1.29, 1.82) is 0 Å². The van der Waals surface area contributed by atoms with Crippen LogP contribution in [0.25, 0.3) is 27.6 Å². The molecule has 0 bridgehead atoms. The van der Waals surface area contributed by atoms with E-state index in [1.807, 2.05) is 0 Å². The van der Waals surface area contributed by atoms with Gasteiger partial charge in [0, 0.05) is 74.9 Å². The van der Waals surface area contributed by atoms with Crippen LogP contribution >= 0.6 is 11.8 Å². The van der Waals surface area contributed by atoms with Crippen LogP contribution in [0.1, 0.15) is 44.3 Å². The molecule has 3 fully saturated rings. The summed E-state index contributed by atoms with van der Waals surface area (Å²) >= 11 is 1.74. The number of H-pyrrole nitrogens is 2. The average Bonchev–Trinajstić information content (AvgIpc) is 3.48. The van der Waals surface area contributed by atoms with Gasteiger partial charge in [0.25, 0.3) is 11.1 Å². The standard InChI is InChI=1S/C38H44F2N8O5S/c1-45-31-19-32(28(39)18-27(31)36(44-45)48-13-6-34(49)43-38(48)51)47-11-4-23(5-12-47)20-46-9-2-24(3-10-46)21-53-25-16-29(40)35-30(17-25)41-33(42-37(35)50)22-54-26-7-14-52-15-8-26/h6,13,16-19,23-24,26H,2-5,7-12,14-15,20-22H2,1H3,(H,41,42,50)(H,43,49,51). The number of hydrogen-bond acceptors (Lipinski definition) is 10. The highest BCUT2D eigenvalue weighted by Gasteiger charge is 2.27. The summed E-state index contributed by atoms with van der Waals surface area (Å²) < 4.78 is 45.0. The number of aryl methyl sites for hydroxylation is 1. The second kappa shape index (κ2) is 15.7. The highest BCUT2D eigenvalue weighted by Crippen LogP contribution is 2.33. The SMILES string of the molecule is Cn1nc(-n2ccc(=O)[nH]c2=O)c2cc(F)c(N3CCC(CN4CCC(COc5cc(F)c6c(=O)[nH]c(CSC7CCOCC7)nc6c5)CC4)CC3)cc21. The third-order valence-electron chi connectivity index (χ3n) is 11.0. The second-order valence-corrected chi connectivity index (χ2v) is 16.0. The number of fused-ring (bicyclic) bond motifs is 2. The first-order chi connectivity index (χ1) is 26.2. The number of aromatic nitrogens is 6. The van der Waals surface area contributed by atoms with E-state index in [-0.39, 0.29) is 17.0 Å². The molecule has 0 amide bonds. The Labute approximate surface area is 313 Å². The molecule has 0 unspecified atom stereocenters. The number of nitrogens with one attached hydrogen (secondary N) is 2. The normalized spacial score (nSPS) is 18.2. The second-order valence-electron chi connectivity index (χ2n) is 14.7. The summed E-state index contributed by atoms with van der Waals surface area (Å²) in [5.74, 6) is 1.58. The molecule has 8 rings (SSSR count). The van der Waals surface area contributed by atoms with E-state index in [0.717, 1.165) is 84.5 Å². The molecule has 0 spiro atoms. The van der Waals surface area contributed by atoms with Crippen molar-refractivity contribution in [3.05, 3.63) is 85.2 Å². The van der Waals surface area contributed by atoms with E-state index >= 15 is 8.78 Å². The highest BCUT2D eigenvalue weighted by atomic mass is 32.2. The number of hydrogen-bond donors (Lipinski definition) is 2. The highest BCUT2D eigenvalue weighted by molar-refractivity contribution is 7.99. The number of nitrogens with zero attached hydrogens (tertiary/aromatic N) is 6. The maximum absolute atomic E-state index is 15.6. The molecule has 5 aromatic rings. The van der Waals surface area contributed by atoms with Crippen LogP contribution < -0.4 is 26.4 Å². The van der Waals surface area contributed by atoms with E-state index < -0.39 is 22.6 Å². The van der Waals surface area contributed by atoms with Crippen molar-refractivity contribution in [2.45, 2.75) is 49.5 Å². The lowest BCUT2D eigenvalue weighted by Gasteiger charge is -2.38. The molecule has 2 N–H and O–H groups in total. The zero-order chi connectivity index (χ0) is 37.3. The molecule has 54 heavy (non-hydrogen) atoms. The monoisotopic (exact) mass is 762 g/mol. The van der Waals surface area contributed by atoms with Gasteiger partial charge in [0.1, 0.15) is 28.6 Å². The molecular formula is C38H44F2N8O5S. The van der Waals surface area contributed by atoms with E-state index in [9.17, 15) is 14.4 Å². The number of anilines is 1. The lowest BCUT2D eigenvalue weighted by molar-refractivity contribution is 0.1000. The molecule has 13 nitrogen and oxygen atoms in total. The number of rotatable bonds is 10. The summed E-state index contributed by atoms with van der Waals surface area (Å²) in [7, 11) is 1.75. The molecule has 3 aliphatic rings. The smallest absolute Gasteiger partial charge is 0.334 e. The number of piperidine rings is 2. The predicted molar refractivity (Wildman–Crippen MR) is 204 cm³/mol. The average molecular weight is 763 g/mol. The van der Waals surface area contributed by atoms with Crippen LogP contribution in [0.15, 0.2) is 50.9 Å². The minimum absolute atomic E-state index is 0.0437. The summed E-state index contributed by atoms with van der Waals surface area (Å²) in [6, 6.07) is 7.40. The Morgan fingerprint density at radius 2 is 1.69 bits per heavy atom. The minimum Gasteiger partial charge on any atom is -0.493 e. The summed E-state index contributed by atoms with van der Waals surface area (Å²) in [6.45, 7) is 6.35. The Hall–Kier alpha value is -4.54. The number of benzene rings is 2. The maximum Gasteiger partial charge on any atom is 0.334 e. The Morgan fingerprint density at radius 3 is 2.44 bits per heavy atom. The lowest BCUT2D eigenvalue weighted by Crippen LogP contribution is -2.42. The van der Waals surface area contributed by atoms with Crippen LogP contribution in [0.4, 0.5) is 14.5 Å². The van der Waals surface area contributed by atoms with Crippen molar-refractivity contribution in [1.82, 2.24) is 34.2 Å². The van der Waals surface area contributed by atoms with Gasteiger partial charge < -0.3 is 24.3 Å². The van der Waals surface area contributed by atoms with Gasteiger partial charge in [-0.25, -0.2) is 18.6 Å². The van der Waals surface area contributed by atoms with Crippen molar-refractivity contribution < 1.29 is 18.3 Å². The minimum atomic E-state index is -0.633. The molecule has 3 aliphatic heterocycles. The van der Waals surface area contributed by atoms with Gasteiger partial charge in [0.05, 0.1) is 29.1 Å². The van der Waals surface area contributed by atoms with Crippen LogP contribution in [-0.2, 0) is 17.5 Å². The van der Waals surface area contributed by atoms with Crippen LogP contribution in [0, 0.1) is 23.5 Å². The molecule has 3 aromatic heterocycles. The Morgan fingerprint density at radius 1 is 0.926 bits per heavy atom. The van der Waals surface area contributed by atoms with Crippen molar-refractivity contribution in [2.75, 3.05) is 57.4 Å². The fourth-order valence-corrected chi connectivity index (χ4v) is 9.02. The van der Waals surface area contributed by atoms with Gasteiger partial charge in [-0.1, -0.05) is 0 Å². The maximum atomic E-state index is 15.6. The molecule has 286 valence electrons. The van der Waals surface area contributed by atoms with E-state index in [1.54, 1.807) is 35.6 Å². The van der Waals surface area contributed by atoms with Gasteiger partial charge in [-0.15, -0.1) is 0 Å². The van der Waals surface area contributed by atoms with Crippen LogP contribution in [-0.4, -0.2) is 92.0 Å². The van der Waals surface area contributed by atoms with Crippen molar-refractivity contribution >= 4 is 39.3 Å². The Bertz CT molecular complexity index is 2320. The van der Waals surface area contributed by atoms with E-state index in [4.69, 9.17) is 9.47 Å². The molecule has 3 saturated heterocycles. The molecular weight excluding hydrogens is 719 g/mol. The van der Waals surface area contributed by atoms with Crippen LogP contribution in [0.3, 0.4) is 0 Å². The molecule has 16 heteroatoms. The number of aromatic amines is 2. The van der Waals surface area contributed by atoms with Crippen LogP contribution in [0.2, 0.25) is 0 Å². The topological polar surface area (TPSA) is 143 Å². The molecule has 0 aliphatic carbocycles. The van der Waals surface area contributed by atoms with Crippen molar-refractivity contribution in [2.24, 2.45) is 18.9 Å². The van der Waals surface area contributed by atoms with Gasteiger partial charge in [0.15, 0.2) is 5.82 Å². The van der Waals surface area contributed by atoms with Crippen LogP contribution in [0.5, 0.6) is 5.75 Å². The lowest BCUT2D eigenvalue weighted by atomic mass is 9.93. The van der Waals surface area contributed by atoms with E-state index in [1.165, 1.54) is 29.0 Å². The number of thioether (sulfide) groups is 1. The summed E-state index contributed by atoms with van der Waals surface area (Å²) in [4.78, 5) is 50.8. The first-order valence-electron chi connectivity index (χ1n) is 18.7.